The number of amides is 4. The van der Waals surface area contributed by atoms with E-state index in [0.29, 0.717) is 0 Å². The van der Waals surface area contributed by atoms with E-state index in [-0.39, 0.29) is 19.6 Å². The van der Waals surface area contributed by atoms with Gasteiger partial charge in [-0.15, -0.1) is 0 Å². The molecule has 0 unspecified atom stereocenters. The average molecular weight is 334 g/mol. The van der Waals surface area contributed by atoms with E-state index in [1.54, 1.807) is 0 Å². The molecular weight excluding hydrogens is 316 g/mol. The quantitative estimate of drug-likeness (QED) is 0.477. The van der Waals surface area contributed by atoms with Gasteiger partial charge in [-0.3, -0.25) is 14.4 Å². The van der Waals surface area contributed by atoms with Crippen LogP contribution in [0.25, 0.3) is 0 Å². The highest BCUT2D eigenvalue weighted by Gasteiger charge is 2.29. The van der Waals surface area contributed by atoms with Crippen LogP contribution in [0.15, 0.2) is 30.3 Å². The van der Waals surface area contributed by atoms with Crippen LogP contribution in [-0.2, 0) is 25.5 Å². The van der Waals surface area contributed by atoms with Crippen LogP contribution < -0.4 is 21.7 Å². The van der Waals surface area contributed by atoms with Crippen molar-refractivity contribution in [3.63, 3.8) is 0 Å². The summed E-state index contributed by atoms with van der Waals surface area (Å²) in [5.74, 6) is -1.78. The maximum Gasteiger partial charge on any atom is 0.407 e. The van der Waals surface area contributed by atoms with Gasteiger partial charge in [-0.2, -0.15) is 0 Å². The second kappa shape index (κ2) is 7.95. The number of alkyl carbamates (subject to hydrolysis) is 1. The molecule has 0 aliphatic carbocycles. The number of hydrogen-bond donors (Lipinski definition) is 4. The molecule has 0 saturated carbocycles. The minimum Gasteiger partial charge on any atom is -0.447 e. The van der Waals surface area contributed by atoms with Gasteiger partial charge in [0.15, 0.2) is 0 Å². The highest BCUT2D eigenvalue weighted by Crippen LogP contribution is 2.03. The van der Waals surface area contributed by atoms with Crippen molar-refractivity contribution in [1.82, 2.24) is 16.0 Å². The highest BCUT2D eigenvalue weighted by atomic mass is 16.6. The number of benzene rings is 1. The van der Waals surface area contributed by atoms with E-state index < -0.39 is 35.9 Å². The van der Waals surface area contributed by atoms with Crippen LogP contribution in [0.3, 0.4) is 0 Å². The summed E-state index contributed by atoms with van der Waals surface area (Å²) in [5.41, 5.74) is 6.14. The Morgan fingerprint density at radius 2 is 2.00 bits per heavy atom. The second-order valence-electron chi connectivity index (χ2n) is 5.23. The minimum absolute atomic E-state index is 0.0931. The Bertz CT molecular complexity index is 634. The van der Waals surface area contributed by atoms with Gasteiger partial charge in [-0.25, -0.2) is 4.79 Å². The number of hydrogen-bond acceptors (Lipinski definition) is 5. The van der Waals surface area contributed by atoms with Crippen molar-refractivity contribution in [3.05, 3.63) is 35.9 Å². The first kappa shape index (κ1) is 17.3. The molecule has 0 aromatic heterocycles. The van der Waals surface area contributed by atoms with Gasteiger partial charge in [-0.05, 0) is 5.56 Å². The molecular formula is C15H18N4O5. The van der Waals surface area contributed by atoms with Crippen LogP contribution in [0.5, 0.6) is 0 Å². The Labute approximate surface area is 137 Å². The number of carbonyl (C=O) groups is 4. The first-order valence-corrected chi connectivity index (χ1v) is 7.29. The molecule has 1 saturated heterocycles. The van der Waals surface area contributed by atoms with E-state index in [2.05, 4.69) is 20.7 Å². The molecule has 1 aromatic rings. The van der Waals surface area contributed by atoms with Crippen molar-refractivity contribution >= 4 is 23.8 Å². The highest BCUT2D eigenvalue weighted by molar-refractivity contribution is 5.92. The fraction of sp³-hybridized carbons (Fsp3) is 0.333. The lowest BCUT2D eigenvalue weighted by molar-refractivity contribution is -0.129. The maximum atomic E-state index is 11.9. The van der Waals surface area contributed by atoms with Crippen molar-refractivity contribution < 1.29 is 23.9 Å². The average Bonchev–Trinajstić information content (AvgIpc) is 2.99. The predicted octanol–water partition coefficient (Wildman–Crippen LogP) is -1.58. The smallest absolute Gasteiger partial charge is 0.407 e. The number of ether oxygens (including phenoxy) is 1. The lowest BCUT2D eigenvalue weighted by Crippen LogP contribution is -2.51. The number of rotatable bonds is 7. The molecule has 9 nitrogen and oxygen atoms in total. The lowest BCUT2D eigenvalue weighted by Gasteiger charge is -2.16. The largest absolute Gasteiger partial charge is 0.447 e. The first-order chi connectivity index (χ1) is 11.5. The van der Waals surface area contributed by atoms with Gasteiger partial charge in [-0.1, -0.05) is 30.3 Å². The third kappa shape index (κ3) is 4.97. The molecule has 9 heteroatoms. The third-order valence-corrected chi connectivity index (χ3v) is 3.37. The summed E-state index contributed by atoms with van der Waals surface area (Å²) in [7, 11) is 0. The molecule has 1 aliphatic heterocycles. The van der Waals surface area contributed by atoms with E-state index in [1.165, 1.54) is 0 Å². The number of nitrogens with one attached hydrogen (secondary N) is 3. The molecule has 128 valence electrons. The van der Waals surface area contributed by atoms with Gasteiger partial charge in [0.2, 0.25) is 17.7 Å². The molecule has 1 aromatic carbocycles. The summed E-state index contributed by atoms with van der Waals surface area (Å²) in [5, 5.41) is 7.12. The van der Waals surface area contributed by atoms with Crippen molar-refractivity contribution in [2.24, 2.45) is 5.73 Å². The standard InChI is InChI=1S/C15H18N4O5/c16-13(21)10(6-9-4-2-1-3-5-9)18-12(20)7-17-14(22)11-8-24-15(23)19-11/h1-5,10-11H,6-8H2,(H2,16,21)(H,17,22)(H,18,20)(H,19,23)/t10-,11-/m0/s1. The van der Waals surface area contributed by atoms with Gasteiger partial charge in [0.25, 0.3) is 0 Å². The van der Waals surface area contributed by atoms with E-state index in [0.717, 1.165) is 5.56 Å². The van der Waals surface area contributed by atoms with Gasteiger partial charge >= 0.3 is 6.09 Å². The Hall–Kier alpha value is -3.10. The summed E-state index contributed by atoms with van der Waals surface area (Å²) in [4.78, 5) is 45.9. The Kier molecular flexibility index (Phi) is 5.72. The molecule has 0 radical (unpaired) electrons. The van der Waals surface area contributed by atoms with Crippen molar-refractivity contribution in [3.8, 4) is 0 Å². The van der Waals surface area contributed by atoms with Crippen molar-refractivity contribution in [1.29, 1.82) is 0 Å². The van der Waals surface area contributed by atoms with E-state index in [9.17, 15) is 19.2 Å². The molecule has 1 heterocycles. The number of carbonyl (C=O) groups excluding carboxylic acids is 4. The summed E-state index contributed by atoms with van der Waals surface area (Å²) in [6, 6.07) is 7.37. The van der Waals surface area contributed by atoms with E-state index in [4.69, 9.17) is 5.73 Å². The van der Waals surface area contributed by atoms with Crippen LogP contribution in [0.1, 0.15) is 5.56 Å². The van der Waals surface area contributed by atoms with Gasteiger partial charge < -0.3 is 26.4 Å². The van der Waals surface area contributed by atoms with Gasteiger partial charge in [0.1, 0.15) is 18.7 Å². The molecule has 2 rings (SSSR count). The van der Waals surface area contributed by atoms with Crippen molar-refractivity contribution in [2.45, 2.75) is 18.5 Å². The Balaban J connectivity index is 1.81. The monoisotopic (exact) mass is 334 g/mol. The molecule has 2 atom stereocenters. The molecule has 0 bridgehead atoms. The summed E-state index contributed by atoms with van der Waals surface area (Å²) in [6.45, 7) is -0.437. The molecule has 5 N–H and O–H groups in total. The fourth-order valence-corrected chi connectivity index (χ4v) is 2.13. The van der Waals surface area contributed by atoms with Crippen LogP contribution in [0.2, 0.25) is 0 Å². The zero-order chi connectivity index (χ0) is 17.5. The summed E-state index contributed by atoms with van der Waals surface area (Å²) >= 11 is 0. The Morgan fingerprint density at radius 1 is 1.29 bits per heavy atom. The number of primary amides is 1. The predicted molar refractivity (Wildman–Crippen MR) is 82.6 cm³/mol. The van der Waals surface area contributed by atoms with Gasteiger partial charge in [0, 0.05) is 6.42 Å². The second-order valence-corrected chi connectivity index (χ2v) is 5.23. The Morgan fingerprint density at radius 3 is 2.58 bits per heavy atom. The number of cyclic esters (lactones) is 1. The van der Waals surface area contributed by atoms with E-state index in [1.807, 2.05) is 30.3 Å². The summed E-state index contributed by atoms with van der Waals surface area (Å²) in [6.07, 6.45) is -0.432. The number of nitrogens with two attached hydrogens (primary N) is 1. The molecule has 4 amide bonds. The lowest BCUT2D eigenvalue weighted by atomic mass is 10.1. The molecule has 1 aliphatic rings. The minimum atomic E-state index is -0.883. The molecule has 1 fully saturated rings. The molecule has 24 heavy (non-hydrogen) atoms. The zero-order valence-corrected chi connectivity index (χ0v) is 12.8. The van der Waals surface area contributed by atoms with Crippen molar-refractivity contribution in [2.75, 3.05) is 13.2 Å². The maximum absolute atomic E-state index is 11.9. The van der Waals surface area contributed by atoms with Crippen LogP contribution in [0.4, 0.5) is 4.79 Å². The van der Waals surface area contributed by atoms with Crippen LogP contribution >= 0.6 is 0 Å². The summed E-state index contributed by atoms with van der Waals surface area (Å²) < 4.78 is 4.58. The van der Waals surface area contributed by atoms with Crippen LogP contribution in [-0.4, -0.2) is 49.1 Å². The zero-order valence-electron chi connectivity index (χ0n) is 12.8. The normalized spacial score (nSPS) is 17.3. The first-order valence-electron chi connectivity index (χ1n) is 7.29. The van der Waals surface area contributed by atoms with E-state index >= 15 is 0 Å². The topological polar surface area (TPSA) is 140 Å². The molecule has 0 spiro atoms. The van der Waals surface area contributed by atoms with Crippen LogP contribution in [0, 0.1) is 0 Å². The SMILES string of the molecule is NC(=O)[C@H](Cc1ccccc1)NC(=O)CNC(=O)[C@@H]1COC(=O)N1. The van der Waals surface area contributed by atoms with Gasteiger partial charge in [0.05, 0.1) is 6.54 Å². The fourth-order valence-electron chi connectivity index (χ4n) is 2.13. The third-order valence-electron chi connectivity index (χ3n) is 3.37.